The molecule has 0 unspecified atom stereocenters. The monoisotopic (exact) mass is 244 g/mol. The third-order valence-electron chi connectivity index (χ3n) is 3.66. The van der Waals surface area contributed by atoms with Crippen molar-refractivity contribution in [2.24, 2.45) is 0 Å². The molecule has 1 aliphatic carbocycles. The van der Waals surface area contributed by atoms with Crippen LogP contribution in [0.25, 0.3) is 0 Å². The number of rotatable bonds is 4. The molecule has 4 heteroatoms. The van der Waals surface area contributed by atoms with Gasteiger partial charge in [-0.1, -0.05) is 19.3 Å². The van der Waals surface area contributed by atoms with E-state index in [0.717, 1.165) is 12.2 Å². The second-order valence-corrected chi connectivity index (χ2v) is 5.00. The predicted molar refractivity (Wildman–Crippen MR) is 71.8 cm³/mol. The Hall–Kier alpha value is -1.71. The zero-order valence-electron chi connectivity index (χ0n) is 10.6. The molecule has 0 aromatic carbocycles. The van der Waals surface area contributed by atoms with Crippen molar-refractivity contribution >= 4 is 0 Å². The highest BCUT2D eigenvalue weighted by Crippen LogP contribution is 2.27. The lowest BCUT2D eigenvalue weighted by molar-refractivity contribution is 0.328. The van der Waals surface area contributed by atoms with Crippen LogP contribution in [-0.2, 0) is 6.54 Å². The lowest BCUT2D eigenvalue weighted by atomic mass is 9.96. The van der Waals surface area contributed by atoms with Gasteiger partial charge < -0.3 is 5.43 Å². The molecule has 1 saturated carbocycles. The first-order valence-electron chi connectivity index (χ1n) is 6.83. The highest BCUT2D eigenvalue weighted by Gasteiger charge is 2.15. The van der Waals surface area contributed by atoms with E-state index in [1.54, 1.807) is 0 Å². The first kappa shape index (κ1) is 11.4. The first-order chi connectivity index (χ1) is 8.92. The molecule has 2 aromatic rings. The van der Waals surface area contributed by atoms with Crippen molar-refractivity contribution in [1.29, 1.82) is 0 Å². The predicted octanol–water partition coefficient (Wildman–Crippen LogP) is 2.93. The van der Waals surface area contributed by atoms with Crippen molar-refractivity contribution in [2.45, 2.75) is 44.7 Å². The zero-order chi connectivity index (χ0) is 12.2. The van der Waals surface area contributed by atoms with Gasteiger partial charge in [-0.3, -0.25) is 9.36 Å². The normalized spacial score (nSPS) is 16.9. The maximum Gasteiger partial charge on any atom is 0.0831 e. The van der Waals surface area contributed by atoms with E-state index in [-0.39, 0.29) is 0 Å². The Labute approximate surface area is 108 Å². The fraction of sp³-hybridized carbons (Fsp3) is 0.500. The smallest absolute Gasteiger partial charge is 0.0831 e. The topological polar surface area (TPSA) is 34.8 Å². The van der Waals surface area contributed by atoms with Gasteiger partial charge in [-0.15, -0.1) is 0 Å². The van der Waals surface area contributed by atoms with E-state index < -0.39 is 0 Å². The standard InChI is InChI=1S/C14H20N4/c1-2-6-14(7-3-1)18-11-8-13(16-18)12-15-17-9-4-5-10-17/h4-5,8-11,14-15H,1-3,6-7,12H2. The minimum Gasteiger partial charge on any atom is -0.320 e. The van der Waals surface area contributed by atoms with E-state index in [2.05, 4.69) is 27.5 Å². The van der Waals surface area contributed by atoms with E-state index in [1.165, 1.54) is 32.1 Å². The molecular formula is C14H20N4. The summed E-state index contributed by atoms with van der Waals surface area (Å²) >= 11 is 0. The van der Waals surface area contributed by atoms with Crippen LogP contribution in [-0.4, -0.2) is 14.5 Å². The van der Waals surface area contributed by atoms with Crippen LogP contribution in [0, 0.1) is 0 Å². The molecule has 0 amide bonds. The lowest BCUT2D eigenvalue weighted by Crippen LogP contribution is -2.15. The summed E-state index contributed by atoms with van der Waals surface area (Å²) < 4.78 is 4.12. The van der Waals surface area contributed by atoms with Gasteiger partial charge in [-0.05, 0) is 31.0 Å². The molecule has 96 valence electrons. The Morgan fingerprint density at radius 2 is 1.89 bits per heavy atom. The van der Waals surface area contributed by atoms with Gasteiger partial charge in [0.1, 0.15) is 0 Å². The number of nitrogens with one attached hydrogen (secondary N) is 1. The summed E-state index contributed by atoms with van der Waals surface area (Å²) in [5, 5.41) is 4.67. The number of nitrogens with zero attached hydrogens (tertiary/aromatic N) is 3. The number of hydrogen-bond acceptors (Lipinski definition) is 2. The van der Waals surface area contributed by atoms with Crippen LogP contribution in [0.5, 0.6) is 0 Å². The van der Waals surface area contributed by atoms with Crippen molar-refractivity contribution in [3.05, 3.63) is 42.5 Å². The Morgan fingerprint density at radius 3 is 2.67 bits per heavy atom. The molecule has 0 saturated heterocycles. The largest absolute Gasteiger partial charge is 0.320 e. The van der Waals surface area contributed by atoms with Gasteiger partial charge in [0.15, 0.2) is 0 Å². The highest BCUT2D eigenvalue weighted by molar-refractivity contribution is 5.03. The average Bonchev–Trinajstić information content (AvgIpc) is 3.09. The summed E-state index contributed by atoms with van der Waals surface area (Å²) in [6.07, 6.45) is 12.8. The number of aromatic nitrogens is 3. The lowest BCUT2D eigenvalue weighted by Gasteiger charge is -2.21. The van der Waals surface area contributed by atoms with Gasteiger partial charge >= 0.3 is 0 Å². The Balaban J connectivity index is 1.59. The van der Waals surface area contributed by atoms with Gasteiger partial charge in [-0.25, -0.2) is 0 Å². The maximum absolute atomic E-state index is 4.67. The molecule has 2 heterocycles. The molecule has 0 atom stereocenters. The second kappa shape index (κ2) is 5.29. The fourth-order valence-corrected chi connectivity index (χ4v) is 2.63. The van der Waals surface area contributed by atoms with Gasteiger partial charge in [0, 0.05) is 18.6 Å². The van der Waals surface area contributed by atoms with Crippen LogP contribution in [0.2, 0.25) is 0 Å². The van der Waals surface area contributed by atoms with Crippen LogP contribution >= 0.6 is 0 Å². The maximum atomic E-state index is 4.67. The van der Waals surface area contributed by atoms with E-state index in [4.69, 9.17) is 0 Å². The molecule has 0 aliphatic heterocycles. The summed E-state index contributed by atoms with van der Waals surface area (Å²) in [6, 6.07) is 6.76. The van der Waals surface area contributed by atoms with Gasteiger partial charge in [0.05, 0.1) is 18.3 Å². The van der Waals surface area contributed by atoms with E-state index in [1.807, 2.05) is 29.2 Å². The summed E-state index contributed by atoms with van der Waals surface area (Å²) in [5.74, 6) is 0. The van der Waals surface area contributed by atoms with Crippen LogP contribution in [0.15, 0.2) is 36.8 Å². The third kappa shape index (κ3) is 2.58. The van der Waals surface area contributed by atoms with Crippen molar-refractivity contribution in [2.75, 3.05) is 5.43 Å². The molecule has 4 nitrogen and oxygen atoms in total. The quantitative estimate of drug-likeness (QED) is 0.897. The number of hydrogen-bond donors (Lipinski definition) is 1. The molecule has 3 rings (SSSR count). The van der Waals surface area contributed by atoms with Gasteiger partial charge in [0.2, 0.25) is 0 Å². The second-order valence-electron chi connectivity index (χ2n) is 5.00. The highest BCUT2D eigenvalue weighted by atomic mass is 15.4. The van der Waals surface area contributed by atoms with Crippen molar-refractivity contribution in [3.63, 3.8) is 0 Å². The molecule has 18 heavy (non-hydrogen) atoms. The van der Waals surface area contributed by atoms with Crippen molar-refractivity contribution in [3.8, 4) is 0 Å². The molecule has 1 aliphatic rings. The Kier molecular flexibility index (Phi) is 3.35. The van der Waals surface area contributed by atoms with Crippen molar-refractivity contribution in [1.82, 2.24) is 14.5 Å². The van der Waals surface area contributed by atoms with E-state index in [9.17, 15) is 0 Å². The summed E-state index contributed by atoms with van der Waals surface area (Å²) in [5.41, 5.74) is 4.40. The third-order valence-corrected chi connectivity index (χ3v) is 3.66. The Bertz CT molecular complexity index is 466. The average molecular weight is 244 g/mol. The molecule has 1 fully saturated rings. The summed E-state index contributed by atoms with van der Waals surface area (Å²) in [7, 11) is 0. The van der Waals surface area contributed by atoms with Crippen LogP contribution < -0.4 is 5.43 Å². The zero-order valence-corrected chi connectivity index (χ0v) is 10.6. The van der Waals surface area contributed by atoms with Gasteiger partial charge in [-0.2, -0.15) is 5.10 Å². The van der Waals surface area contributed by atoms with Crippen LogP contribution in [0.3, 0.4) is 0 Å². The Morgan fingerprint density at radius 1 is 1.11 bits per heavy atom. The molecule has 1 N–H and O–H groups in total. The van der Waals surface area contributed by atoms with E-state index in [0.29, 0.717) is 6.04 Å². The minimum absolute atomic E-state index is 0.624. The molecule has 2 aromatic heterocycles. The summed E-state index contributed by atoms with van der Waals surface area (Å²) in [6.45, 7) is 0.772. The van der Waals surface area contributed by atoms with Crippen LogP contribution in [0.1, 0.15) is 43.8 Å². The van der Waals surface area contributed by atoms with Crippen molar-refractivity contribution < 1.29 is 0 Å². The SMILES string of the molecule is c1ccn(NCc2ccn(C3CCCCC3)n2)c1. The fourth-order valence-electron chi connectivity index (χ4n) is 2.63. The first-order valence-corrected chi connectivity index (χ1v) is 6.83. The molecule has 0 spiro atoms. The van der Waals surface area contributed by atoms with Crippen LogP contribution in [0.4, 0.5) is 0 Å². The molecule has 0 radical (unpaired) electrons. The van der Waals surface area contributed by atoms with E-state index >= 15 is 0 Å². The summed E-state index contributed by atoms with van der Waals surface area (Å²) in [4.78, 5) is 0. The van der Waals surface area contributed by atoms with Gasteiger partial charge in [0.25, 0.3) is 0 Å². The molecule has 0 bridgehead atoms. The minimum atomic E-state index is 0.624. The molecular weight excluding hydrogens is 224 g/mol.